The summed E-state index contributed by atoms with van der Waals surface area (Å²) in [6.07, 6.45) is 0.428. The summed E-state index contributed by atoms with van der Waals surface area (Å²) in [4.78, 5) is 0. The van der Waals surface area contributed by atoms with Crippen molar-refractivity contribution in [2.75, 3.05) is 5.88 Å². The second-order valence-electron chi connectivity index (χ2n) is 3.36. The van der Waals surface area contributed by atoms with Crippen LogP contribution in [0.5, 0.6) is 0 Å². The minimum atomic E-state index is -0.873. The van der Waals surface area contributed by atoms with Gasteiger partial charge in [-0.1, -0.05) is 36.9 Å². The summed E-state index contributed by atoms with van der Waals surface area (Å²) in [5.74, 6) is 0.336. The maximum Gasteiger partial charge on any atom is 0.105 e. The fourth-order valence-corrected chi connectivity index (χ4v) is 1.54. The molecule has 0 saturated carbocycles. The number of aliphatic hydroxyl groups excluding tert-OH is 2. The van der Waals surface area contributed by atoms with Gasteiger partial charge in [0.25, 0.3) is 0 Å². The highest BCUT2D eigenvalue weighted by atomic mass is 35.5. The number of aliphatic hydroxyl groups is 2. The number of hydrogen-bond donors (Lipinski definition) is 2. The Hall–Kier alpha value is -0.830. The molecule has 0 radical (unpaired) electrons. The Labute approximate surface area is 94.8 Å². The molecular weight excluding hydrogens is 212 g/mol. The quantitative estimate of drug-likeness (QED) is 0.757. The zero-order valence-electron chi connectivity index (χ0n) is 8.44. The van der Waals surface area contributed by atoms with Crippen LogP contribution in [0.4, 0.5) is 0 Å². The van der Waals surface area contributed by atoms with Gasteiger partial charge in [0, 0.05) is 5.88 Å². The van der Waals surface area contributed by atoms with Crippen molar-refractivity contribution >= 4 is 17.7 Å². The Kier molecular flexibility index (Phi) is 4.82. The summed E-state index contributed by atoms with van der Waals surface area (Å²) in [6, 6.07) is 7.25. The average Bonchev–Trinajstić information content (AvgIpc) is 2.28. The minimum absolute atomic E-state index is 0.336. The fourth-order valence-electron chi connectivity index (χ4n) is 1.32. The molecule has 2 unspecified atom stereocenters. The first-order valence-electron chi connectivity index (χ1n) is 4.83. The van der Waals surface area contributed by atoms with Gasteiger partial charge in [-0.2, -0.15) is 0 Å². The van der Waals surface area contributed by atoms with Crippen LogP contribution in [0.15, 0.2) is 30.8 Å². The number of halogens is 1. The third-order valence-corrected chi connectivity index (χ3v) is 2.50. The summed E-state index contributed by atoms with van der Waals surface area (Å²) in [6.45, 7) is 3.64. The molecule has 15 heavy (non-hydrogen) atoms. The molecule has 2 atom stereocenters. The molecule has 0 saturated heterocycles. The Balaban J connectivity index is 2.73. The van der Waals surface area contributed by atoms with Crippen molar-refractivity contribution in [1.29, 1.82) is 0 Å². The predicted molar refractivity (Wildman–Crippen MR) is 62.8 cm³/mol. The highest BCUT2D eigenvalue weighted by Gasteiger charge is 2.17. The molecule has 1 aromatic carbocycles. The maximum absolute atomic E-state index is 9.75. The molecule has 0 aliphatic carbocycles. The first-order valence-corrected chi connectivity index (χ1v) is 5.37. The lowest BCUT2D eigenvalue weighted by atomic mass is 10.0. The molecule has 0 fully saturated rings. The third kappa shape index (κ3) is 3.34. The van der Waals surface area contributed by atoms with Crippen LogP contribution < -0.4 is 0 Å². The second-order valence-corrected chi connectivity index (χ2v) is 3.74. The van der Waals surface area contributed by atoms with E-state index < -0.39 is 12.2 Å². The Bertz CT molecular complexity index is 308. The van der Waals surface area contributed by atoms with E-state index in [-0.39, 0.29) is 0 Å². The first kappa shape index (κ1) is 12.2. The highest BCUT2D eigenvalue weighted by molar-refractivity contribution is 6.17. The molecule has 0 aromatic heterocycles. The van der Waals surface area contributed by atoms with E-state index in [0.717, 1.165) is 5.56 Å². The summed E-state index contributed by atoms with van der Waals surface area (Å²) in [5.41, 5.74) is 1.68. The Morgan fingerprint density at radius 2 is 1.87 bits per heavy atom. The normalized spacial score (nSPS) is 14.6. The molecule has 0 aliphatic heterocycles. The first-order chi connectivity index (χ1) is 7.19. The second kappa shape index (κ2) is 5.91. The van der Waals surface area contributed by atoms with Crippen LogP contribution in [-0.2, 0) is 0 Å². The molecule has 1 rings (SSSR count). The van der Waals surface area contributed by atoms with Gasteiger partial charge in [-0.25, -0.2) is 0 Å². The fraction of sp³-hybridized carbons (Fsp3) is 0.333. The van der Waals surface area contributed by atoms with Crippen LogP contribution in [0.3, 0.4) is 0 Å². The van der Waals surface area contributed by atoms with Gasteiger partial charge in [-0.05, 0) is 17.5 Å². The van der Waals surface area contributed by atoms with E-state index >= 15 is 0 Å². The largest absolute Gasteiger partial charge is 0.390 e. The average molecular weight is 227 g/mol. The maximum atomic E-state index is 9.75. The zero-order valence-corrected chi connectivity index (χ0v) is 9.19. The minimum Gasteiger partial charge on any atom is -0.390 e. The van der Waals surface area contributed by atoms with Gasteiger partial charge < -0.3 is 10.2 Å². The van der Waals surface area contributed by atoms with Gasteiger partial charge in [0.15, 0.2) is 0 Å². The third-order valence-electron chi connectivity index (χ3n) is 2.28. The van der Waals surface area contributed by atoms with Crippen LogP contribution in [0.2, 0.25) is 0 Å². The molecule has 0 heterocycles. The van der Waals surface area contributed by atoms with Gasteiger partial charge in [0.2, 0.25) is 0 Å². The van der Waals surface area contributed by atoms with Crippen molar-refractivity contribution in [1.82, 2.24) is 0 Å². The van der Waals surface area contributed by atoms with E-state index in [1.54, 1.807) is 18.2 Å². The molecule has 0 bridgehead atoms. The van der Waals surface area contributed by atoms with E-state index in [1.807, 2.05) is 12.1 Å². The zero-order chi connectivity index (χ0) is 11.3. The Morgan fingerprint density at radius 1 is 1.27 bits per heavy atom. The molecule has 0 aliphatic rings. The van der Waals surface area contributed by atoms with Crippen LogP contribution in [0.1, 0.15) is 23.7 Å². The number of alkyl halides is 1. The van der Waals surface area contributed by atoms with Crippen LogP contribution in [0.25, 0.3) is 6.08 Å². The van der Waals surface area contributed by atoms with Crippen molar-refractivity contribution in [3.8, 4) is 0 Å². The van der Waals surface area contributed by atoms with Gasteiger partial charge in [0.1, 0.15) is 6.10 Å². The smallest absolute Gasteiger partial charge is 0.105 e. The van der Waals surface area contributed by atoms with Gasteiger partial charge in [-0.15, -0.1) is 11.6 Å². The van der Waals surface area contributed by atoms with Crippen LogP contribution in [-0.4, -0.2) is 22.2 Å². The molecule has 3 heteroatoms. The van der Waals surface area contributed by atoms with Gasteiger partial charge in [-0.3, -0.25) is 0 Å². The molecule has 1 aromatic rings. The topological polar surface area (TPSA) is 40.5 Å². The van der Waals surface area contributed by atoms with E-state index in [0.29, 0.717) is 17.9 Å². The summed E-state index contributed by atoms with van der Waals surface area (Å²) in [7, 11) is 0. The number of hydrogen-bond acceptors (Lipinski definition) is 2. The van der Waals surface area contributed by atoms with E-state index in [1.165, 1.54) is 0 Å². The van der Waals surface area contributed by atoms with Gasteiger partial charge >= 0.3 is 0 Å². The summed E-state index contributed by atoms with van der Waals surface area (Å²) >= 11 is 5.49. The molecular formula is C12H15ClO2. The van der Waals surface area contributed by atoms with Crippen molar-refractivity contribution in [2.45, 2.75) is 18.6 Å². The van der Waals surface area contributed by atoms with Gasteiger partial charge in [0.05, 0.1) is 6.10 Å². The highest BCUT2D eigenvalue weighted by Crippen LogP contribution is 2.19. The van der Waals surface area contributed by atoms with E-state index in [9.17, 15) is 10.2 Å². The standard InChI is InChI=1S/C12H15ClO2/c1-2-9-3-5-10(6-4-9)12(15)11(14)7-8-13/h2-6,11-12,14-15H,1,7-8H2. The predicted octanol–water partition coefficient (Wildman–Crippen LogP) is 2.35. The molecule has 2 N–H and O–H groups in total. The van der Waals surface area contributed by atoms with Crippen molar-refractivity contribution in [3.05, 3.63) is 42.0 Å². The number of rotatable bonds is 5. The van der Waals surface area contributed by atoms with Crippen molar-refractivity contribution in [3.63, 3.8) is 0 Å². The molecule has 2 nitrogen and oxygen atoms in total. The lowest BCUT2D eigenvalue weighted by Gasteiger charge is -2.17. The van der Waals surface area contributed by atoms with Crippen molar-refractivity contribution in [2.24, 2.45) is 0 Å². The monoisotopic (exact) mass is 226 g/mol. The van der Waals surface area contributed by atoms with Crippen LogP contribution >= 0.6 is 11.6 Å². The molecule has 0 spiro atoms. The lowest BCUT2D eigenvalue weighted by molar-refractivity contribution is 0.0170. The Morgan fingerprint density at radius 3 is 2.33 bits per heavy atom. The van der Waals surface area contributed by atoms with E-state index in [2.05, 4.69) is 6.58 Å². The van der Waals surface area contributed by atoms with Crippen LogP contribution in [0, 0.1) is 0 Å². The molecule has 0 amide bonds. The summed E-state index contributed by atoms with van der Waals surface area (Å²) in [5, 5.41) is 19.3. The van der Waals surface area contributed by atoms with Crippen molar-refractivity contribution < 1.29 is 10.2 Å². The number of benzene rings is 1. The van der Waals surface area contributed by atoms with E-state index in [4.69, 9.17) is 11.6 Å². The summed E-state index contributed by atoms with van der Waals surface area (Å²) < 4.78 is 0. The molecule has 82 valence electrons. The lowest BCUT2D eigenvalue weighted by Crippen LogP contribution is -2.18. The SMILES string of the molecule is C=Cc1ccc(C(O)C(O)CCCl)cc1.